The zero-order valence-electron chi connectivity index (χ0n) is 11.1. The van der Waals surface area contributed by atoms with Gasteiger partial charge < -0.3 is 10.0 Å². The molecule has 0 aliphatic carbocycles. The van der Waals surface area contributed by atoms with Crippen LogP contribution in [0.2, 0.25) is 0 Å². The van der Waals surface area contributed by atoms with E-state index in [0.717, 1.165) is 12.5 Å². The standard InChI is InChI=1S/C14H28N2O/c17-12-6-2-1-3-8-15-11-7-14(13-15)16-9-4-5-10-16/h14,17H,1-13H2. The smallest absolute Gasteiger partial charge is 0.0431 e. The molecular weight excluding hydrogens is 212 g/mol. The van der Waals surface area contributed by atoms with Crippen LogP contribution in [0, 0.1) is 0 Å². The van der Waals surface area contributed by atoms with E-state index >= 15 is 0 Å². The van der Waals surface area contributed by atoms with E-state index in [1.807, 2.05) is 0 Å². The van der Waals surface area contributed by atoms with Crippen LogP contribution in [0.4, 0.5) is 0 Å². The lowest BCUT2D eigenvalue weighted by Gasteiger charge is -2.23. The van der Waals surface area contributed by atoms with Crippen molar-refractivity contribution in [2.75, 3.05) is 39.3 Å². The monoisotopic (exact) mass is 240 g/mol. The third kappa shape index (κ3) is 4.23. The zero-order valence-corrected chi connectivity index (χ0v) is 11.1. The highest BCUT2D eigenvalue weighted by molar-refractivity contribution is 4.85. The molecule has 2 saturated heterocycles. The molecule has 0 aromatic rings. The fraction of sp³-hybridized carbons (Fsp3) is 1.00. The van der Waals surface area contributed by atoms with Gasteiger partial charge in [-0.2, -0.15) is 0 Å². The van der Waals surface area contributed by atoms with Gasteiger partial charge in [0, 0.05) is 19.2 Å². The Hall–Kier alpha value is -0.120. The van der Waals surface area contributed by atoms with Crippen LogP contribution in [0.15, 0.2) is 0 Å². The van der Waals surface area contributed by atoms with Crippen molar-refractivity contribution in [1.29, 1.82) is 0 Å². The average Bonchev–Trinajstić information content (AvgIpc) is 2.99. The molecule has 0 spiro atoms. The third-order valence-electron chi connectivity index (χ3n) is 4.29. The van der Waals surface area contributed by atoms with Gasteiger partial charge in [-0.3, -0.25) is 4.90 Å². The maximum atomic E-state index is 8.72. The van der Waals surface area contributed by atoms with Crippen LogP contribution < -0.4 is 0 Å². The van der Waals surface area contributed by atoms with Crippen molar-refractivity contribution in [3.8, 4) is 0 Å². The summed E-state index contributed by atoms with van der Waals surface area (Å²) in [6.45, 7) is 6.93. The Labute approximate surface area is 106 Å². The molecule has 3 heteroatoms. The number of hydrogen-bond acceptors (Lipinski definition) is 3. The maximum Gasteiger partial charge on any atom is 0.0431 e. The lowest BCUT2D eigenvalue weighted by molar-refractivity contribution is 0.230. The molecule has 0 aromatic carbocycles. The maximum absolute atomic E-state index is 8.72. The lowest BCUT2D eigenvalue weighted by atomic mass is 10.2. The molecule has 0 amide bonds. The second-order valence-corrected chi connectivity index (χ2v) is 5.62. The molecular formula is C14H28N2O. The molecule has 2 rings (SSSR count). The van der Waals surface area contributed by atoms with Crippen LogP contribution >= 0.6 is 0 Å². The summed E-state index contributed by atoms with van der Waals surface area (Å²) in [5, 5.41) is 8.72. The fourth-order valence-electron chi connectivity index (χ4n) is 3.22. The van der Waals surface area contributed by atoms with E-state index in [2.05, 4.69) is 9.80 Å². The number of rotatable bonds is 7. The molecule has 2 heterocycles. The molecule has 3 nitrogen and oxygen atoms in total. The van der Waals surface area contributed by atoms with E-state index in [4.69, 9.17) is 5.11 Å². The van der Waals surface area contributed by atoms with Gasteiger partial charge in [0.15, 0.2) is 0 Å². The zero-order chi connectivity index (χ0) is 11.9. The van der Waals surface area contributed by atoms with Gasteiger partial charge in [-0.15, -0.1) is 0 Å². The van der Waals surface area contributed by atoms with Gasteiger partial charge in [0.25, 0.3) is 0 Å². The molecule has 1 unspecified atom stereocenters. The first-order valence-electron chi connectivity index (χ1n) is 7.47. The highest BCUT2D eigenvalue weighted by Crippen LogP contribution is 2.20. The number of likely N-dealkylation sites (tertiary alicyclic amines) is 2. The Morgan fingerprint density at radius 3 is 2.47 bits per heavy atom. The summed E-state index contributed by atoms with van der Waals surface area (Å²) in [4.78, 5) is 5.34. The first kappa shape index (κ1) is 13.3. The van der Waals surface area contributed by atoms with Crippen LogP contribution in [-0.2, 0) is 0 Å². The van der Waals surface area contributed by atoms with E-state index < -0.39 is 0 Å². The van der Waals surface area contributed by atoms with Crippen molar-refractivity contribution in [3.05, 3.63) is 0 Å². The Balaban J connectivity index is 1.54. The summed E-state index contributed by atoms with van der Waals surface area (Å²) >= 11 is 0. The molecule has 0 bridgehead atoms. The Bertz CT molecular complexity index is 204. The van der Waals surface area contributed by atoms with Crippen LogP contribution in [-0.4, -0.2) is 60.3 Å². The topological polar surface area (TPSA) is 26.7 Å². The third-order valence-corrected chi connectivity index (χ3v) is 4.29. The van der Waals surface area contributed by atoms with E-state index in [1.54, 1.807) is 0 Å². The predicted molar refractivity (Wildman–Crippen MR) is 71.2 cm³/mol. The van der Waals surface area contributed by atoms with Crippen molar-refractivity contribution >= 4 is 0 Å². The summed E-state index contributed by atoms with van der Waals surface area (Å²) in [5.74, 6) is 0. The van der Waals surface area contributed by atoms with Crippen LogP contribution in [0.3, 0.4) is 0 Å². The minimum Gasteiger partial charge on any atom is -0.396 e. The Morgan fingerprint density at radius 2 is 1.71 bits per heavy atom. The highest BCUT2D eigenvalue weighted by Gasteiger charge is 2.28. The number of aliphatic hydroxyl groups excluding tert-OH is 1. The van der Waals surface area contributed by atoms with E-state index in [0.29, 0.717) is 6.61 Å². The minimum absolute atomic E-state index is 0.362. The minimum atomic E-state index is 0.362. The summed E-state index contributed by atoms with van der Waals surface area (Å²) in [6, 6.07) is 0.856. The second kappa shape index (κ2) is 7.34. The molecule has 1 atom stereocenters. The second-order valence-electron chi connectivity index (χ2n) is 5.62. The van der Waals surface area contributed by atoms with Gasteiger partial charge in [0.1, 0.15) is 0 Å². The molecule has 17 heavy (non-hydrogen) atoms. The fourth-order valence-corrected chi connectivity index (χ4v) is 3.22. The molecule has 1 N–H and O–H groups in total. The average molecular weight is 240 g/mol. The van der Waals surface area contributed by atoms with Crippen molar-refractivity contribution in [3.63, 3.8) is 0 Å². The van der Waals surface area contributed by atoms with Gasteiger partial charge in [0.2, 0.25) is 0 Å². The molecule has 0 saturated carbocycles. The van der Waals surface area contributed by atoms with Crippen LogP contribution in [0.25, 0.3) is 0 Å². The Kier molecular flexibility index (Phi) is 5.75. The SMILES string of the molecule is OCCCCCCN1CCC(N2CCCC2)C1. The van der Waals surface area contributed by atoms with E-state index in [-0.39, 0.29) is 0 Å². The van der Waals surface area contributed by atoms with Gasteiger partial charge in [-0.25, -0.2) is 0 Å². The van der Waals surface area contributed by atoms with Crippen molar-refractivity contribution in [1.82, 2.24) is 9.80 Å². The summed E-state index contributed by atoms with van der Waals surface area (Å²) in [6.07, 6.45) is 8.99. The molecule has 2 fully saturated rings. The lowest BCUT2D eigenvalue weighted by Crippen LogP contribution is -2.35. The normalized spacial score (nSPS) is 27.0. The summed E-state index contributed by atoms with van der Waals surface area (Å²) in [5.41, 5.74) is 0. The number of aliphatic hydroxyl groups is 1. The first-order valence-corrected chi connectivity index (χ1v) is 7.47. The predicted octanol–water partition coefficient (Wildman–Crippen LogP) is 1.71. The number of unbranched alkanes of at least 4 members (excludes halogenated alkanes) is 3. The molecule has 2 aliphatic heterocycles. The van der Waals surface area contributed by atoms with Gasteiger partial charge >= 0.3 is 0 Å². The highest BCUT2D eigenvalue weighted by atomic mass is 16.2. The van der Waals surface area contributed by atoms with Gasteiger partial charge in [-0.1, -0.05) is 12.8 Å². The quantitative estimate of drug-likeness (QED) is 0.686. The van der Waals surface area contributed by atoms with Crippen molar-refractivity contribution < 1.29 is 5.11 Å². The molecule has 100 valence electrons. The van der Waals surface area contributed by atoms with Gasteiger partial charge in [0.05, 0.1) is 0 Å². The van der Waals surface area contributed by atoms with Gasteiger partial charge in [-0.05, 0) is 58.3 Å². The number of nitrogens with zero attached hydrogens (tertiary/aromatic N) is 2. The van der Waals surface area contributed by atoms with Crippen molar-refractivity contribution in [2.24, 2.45) is 0 Å². The van der Waals surface area contributed by atoms with Crippen LogP contribution in [0.5, 0.6) is 0 Å². The molecule has 2 aliphatic rings. The largest absolute Gasteiger partial charge is 0.396 e. The molecule has 0 radical (unpaired) electrons. The van der Waals surface area contributed by atoms with Crippen molar-refractivity contribution in [2.45, 2.75) is 51.0 Å². The Morgan fingerprint density at radius 1 is 0.941 bits per heavy atom. The molecule has 0 aromatic heterocycles. The van der Waals surface area contributed by atoms with E-state index in [1.165, 1.54) is 71.2 Å². The number of hydrogen-bond donors (Lipinski definition) is 1. The summed E-state index contributed by atoms with van der Waals surface area (Å²) in [7, 11) is 0. The van der Waals surface area contributed by atoms with Crippen LogP contribution in [0.1, 0.15) is 44.9 Å². The van der Waals surface area contributed by atoms with E-state index in [9.17, 15) is 0 Å². The summed E-state index contributed by atoms with van der Waals surface area (Å²) < 4.78 is 0. The first-order chi connectivity index (χ1) is 8.40.